The predicted octanol–water partition coefficient (Wildman–Crippen LogP) is 2.14. The molecule has 0 bridgehead atoms. The van der Waals surface area contributed by atoms with Crippen molar-refractivity contribution >= 4 is 0 Å². The zero-order chi connectivity index (χ0) is 15.1. The fourth-order valence-corrected chi connectivity index (χ4v) is 3.46. The molecule has 124 valence electrons. The number of likely N-dealkylation sites (tertiary alicyclic amines) is 1. The number of hydrogen-bond donors (Lipinski definition) is 1. The standard InChI is InChI=1S/C17H34N2O2/c1-14(2)10-18-11-16-4-5-17(21-16)12-19-8-6-15(7-9-19)13-20-3/h14-18H,4-13H2,1-3H3. The fourth-order valence-electron chi connectivity index (χ4n) is 3.46. The van der Waals surface area contributed by atoms with Gasteiger partial charge in [-0.25, -0.2) is 0 Å². The fraction of sp³-hybridized carbons (Fsp3) is 1.00. The van der Waals surface area contributed by atoms with Gasteiger partial charge in [-0.05, 0) is 57.2 Å². The van der Waals surface area contributed by atoms with Gasteiger partial charge >= 0.3 is 0 Å². The first-order valence-corrected chi connectivity index (χ1v) is 8.74. The van der Waals surface area contributed by atoms with Crippen molar-refractivity contribution in [2.75, 3.05) is 46.4 Å². The normalized spacial score (nSPS) is 28.6. The van der Waals surface area contributed by atoms with Crippen molar-refractivity contribution in [1.29, 1.82) is 0 Å². The molecule has 21 heavy (non-hydrogen) atoms. The van der Waals surface area contributed by atoms with Crippen molar-refractivity contribution in [3.63, 3.8) is 0 Å². The first-order chi connectivity index (χ1) is 10.2. The number of methoxy groups -OCH3 is 1. The van der Waals surface area contributed by atoms with E-state index in [2.05, 4.69) is 24.1 Å². The average Bonchev–Trinajstić information content (AvgIpc) is 2.88. The van der Waals surface area contributed by atoms with Gasteiger partial charge in [-0.15, -0.1) is 0 Å². The smallest absolute Gasteiger partial charge is 0.0707 e. The first kappa shape index (κ1) is 17.2. The van der Waals surface area contributed by atoms with E-state index in [1.54, 1.807) is 0 Å². The molecule has 0 aromatic carbocycles. The lowest BCUT2D eigenvalue weighted by Crippen LogP contribution is -2.40. The van der Waals surface area contributed by atoms with Gasteiger partial charge in [0.25, 0.3) is 0 Å². The van der Waals surface area contributed by atoms with Crippen LogP contribution in [0.2, 0.25) is 0 Å². The summed E-state index contributed by atoms with van der Waals surface area (Å²) in [6, 6.07) is 0. The van der Waals surface area contributed by atoms with E-state index in [0.29, 0.717) is 12.2 Å². The molecule has 0 radical (unpaired) electrons. The van der Waals surface area contributed by atoms with Gasteiger partial charge in [0.1, 0.15) is 0 Å². The molecular weight excluding hydrogens is 264 g/mol. The second kappa shape index (κ2) is 9.09. The maximum atomic E-state index is 6.19. The van der Waals surface area contributed by atoms with Gasteiger partial charge in [0, 0.05) is 26.8 Å². The number of hydrogen-bond acceptors (Lipinski definition) is 4. The minimum absolute atomic E-state index is 0.430. The van der Waals surface area contributed by atoms with E-state index in [4.69, 9.17) is 9.47 Å². The Hall–Kier alpha value is -0.160. The van der Waals surface area contributed by atoms with Crippen LogP contribution >= 0.6 is 0 Å². The van der Waals surface area contributed by atoms with Gasteiger partial charge in [0.05, 0.1) is 12.2 Å². The molecule has 2 aliphatic rings. The average molecular weight is 298 g/mol. The summed E-state index contributed by atoms with van der Waals surface area (Å²) in [5, 5.41) is 3.52. The third-order valence-electron chi connectivity index (χ3n) is 4.69. The van der Waals surface area contributed by atoms with Crippen LogP contribution in [0.4, 0.5) is 0 Å². The molecule has 2 rings (SSSR count). The molecule has 0 amide bonds. The minimum Gasteiger partial charge on any atom is -0.384 e. The summed E-state index contributed by atoms with van der Waals surface area (Å²) in [5.74, 6) is 1.49. The van der Waals surface area contributed by atoms with Crippen molar-refractivity contribution < 1.29 is 9.47 Å². The van der Waals surface area contributed by atoms with Crippen molar-refractivity contribution in [3.05, 3.63) is 0 Å². The van der Waals surface area contributed by atoms with Gasteiger partial charge < -0.3 is 19.7 Å². The van der Waals surface area contributed by atoms with E-state index in [-0.39, 0.29) is 0 Å². The number of nitrogens with one attached hydrogen (secondary N) is 1. The van der Waals surface area contributed by atoms with Crippen LogP contribution in [0.1, 0.15) is 39.5 Å². The maximum absolute atomic E-state index is 6.19. The Morgan fingerprint density at radius 1 is 1.14 bits per heavy atom. The van der Waals surface area contributed by atoms with Crippen LogP contribution in [0.25, 0.3) is 0 Å². The Balaban J connectivity index is 1.58. The molecule has 2 atom stereocenters. The summed E-state index contributed by atoms with van der Waals surface area (Å²) in [6.07, 6.45) is 5.89. The lowest BCUT2D eigenvalue weighted by molar-refractivity contribution is 0.0125. The van der Waals surface area contributed by atoms with Gasteiger partial charge in [-0.1, -0.05) is 13.8 Å². The molecule has 4 heteroatoms. The van der Waals surface area contributed by atoms with Crippen LogP contribution in [0.15, 0.2) is 0 Å². The van der Waals surface area contributed by atoms with Crippen molar-refractivity contribution in [2.45, 2.75) is 51.7 Å². The van der Waals surface area contributed by atoms with Crippen LogP contribution in [-0.2, 0) is 9.47 Å². The molecule has 1 N–H and O–H groups in total. The second-order valence-electron chi connectivity index (χ2n) is 7.21. The third-order valence-corrected chi connectivity index (χ3v) is 4.69. The van der Waals surface area contributed by atoms with E-state index in [1.165, 1.54) is 38.8 Å². The summed E-state index contributed by atoms with van der Waals surface area (Å²) < 4.78 is 11.5. The van der Waals surface area contributed by atoms with Gasteiger partial charge in [-0.2, -0.15) is 0 Å². The second-order valence-corrected chi connectivity index (χ2v) is 7.21. The molecule has 2 unspecified atom stereocenters. The highest BCUT2D eigenvalue weighted by molar-refractivity contribution is 4.80. The number of nitrogens with zero attached hydrogens (tertiary/aromatic N) is 1. The SMILES string of the molecule is COCC1CCN(CC2CCC(CNCC(C)C)O2)CC1. The summed E-state index contributed by atoms with van der Waals surface area (Å²) in [5.41, 5.74) is 0. The van der Waals surface area contributed by atoms with Crippen molar-refractivity contribution in [2.24, 2.45) is 11.8 Å². The third kappa shape index (κ3) is 6.23. The Morgan fingerprint density at radius 2 is 1.86 bits per heavy atom. The summed E-state index contributed by atoms with van der Waals surface area (Å²) >= 11 is 0. The van der Waals surface area contributed by atoms with Gasteiger partial charge in [-0.3, -0.25) is 0 Å². The molecule has 0 aromatic heterocycles. The lowest BCUT2D eigenvalue weighted by atomic mass is 9.97. The molecule has 0 saturated carbocycles. The van der Waals surface area contributed by atoms with Crippen molar-refractivity contribution in [1.82, 2.24) is 10.2 Å². The predicted molar refractivity (Wildman–Crippen MR) is 86.6 cm³/mol. The van der Waals surface area contributed by atoms with Gasteiger partial charge in [0.15, 0.2) is 0 Å². The van der Waals surface area contributed by atoms with Crippen LogP contribution in [0.5, 0.6) is 0 Å². The lowest BCUT2D eigenvalue weighted by Gasteiger charge is -2.33. The van der Waals surface area contributed by atoms with Crippen LogP contribution in [0, 0.1) is 11.8 Å². The number of ether oxygens (including phenoxy) is 2. The Bertz CT molecular complexity index is 278. The maximum Gasteiger partial charge on any atom is 0.0707 e. The highest BCUT2D eigenvalue weighted by atomic mass is 16.5. The molecular formula is C17H34N2O2. The largest absolute Gasteiger partial charge is 0.384 e. The zero-order valence-corrected chi connectivity index (χ0v) is 14.1. The Labute approximate surface area is 130 Å². The quantitative estimate of drug-likeness (QED) is 0.744. The highest BCUT2D eigenvalue weighted by Gasteiger charge is 2.28. The molecule has 2 heterocycles. The molecule has 2 aliphatic heterocycles. The highest BCUT2D eigenvalue weighted by Crippen LogP contribution is 2.23. The van der Waals surface area contributed by atoms with Crippen LogP contribution < -0.4 is 5.32 Å². The molecule has 2 saturated heterocycles. The monoisotopic (exact) mass is 298 g/mol. The summed E-state index contributed by atoms with van der Waals surface area (Å²) in [4.78, 5) is 2.58. The Morgan fingerprint density at radius 3 is 2.52 bits per heavy atom. The molecule has 0 aliphatic carbocycles. The summed E-state index contributed by atoms with van der Waals surface area (Å²) in [7, 11) is 1.81. The molecule has 0 spiro atoms. The van der Waals surface area contributed by atoms with Crippen molar-refractivity contribution in [3.8, 4) is 0 Å². The number of rotatable bonds is 8. The number of piperidine rings is 1. The zero-order valence-electron chi connectivity index (χ0n) is 14.1. The Kier molecular flexibility index (Phi) is 7.44. The van der Waals surface area contributed by atoms with Gasteiger partial charge in [0.2, 0.25) is 0 Å². The van der Waals surface area contributed by atoms with Crippen LogP contribution in [-0.4, -0.2) is 63.5 Å². The van der Waals surface area contributed by atoms with E-state index >= 15 is 0 Å². The first-order valence-electron chi connectivity index (χ1n) is 8.74. The summed E-state index contributed by atoms with van der Waals surface area (Å²) in [6.45, 7) is 11.1. The molecule has 0 aromatic rings. The van der Waals surface area contributed by atoms with E-state index in [0.717, 1.165) is 38.1 Å². The van der Waals surface area contributed by atoms with E-state index < -0.39 is 0 Å². The topological polar surface area (TPSA) is 33.7 Å². The molecule has 2 fully saturated rings. The minimum atomic E-state index is 0.430. The van der Waals surface area contributed by atoms with E-state index in [1.807, 2.05) is 7.11 Å². The molecule has 4 nitrogen and oxygen atoms in total. The van der Waals surface area contributed by atoms with E-state index in [9.17, 15) is 0 Å². The van der Waals surface area contributed by atoms with Crippen LogP contribution in [0.3, 0.4) is 0 Å².